The number of pyridine rings is 1. The Hall–Kier alpha value is -3.15. The Morgan fingerprint density at radius 2 is 1.93 bits per heavy atom. The van der Waals surface area contributed by atoms with Gasteiger partial charge < -0.3 is 14.7 Å². The molecule has 1 aromatic carbocycles. The van der Waals surface area contributed by atoms with Gasteiger partial charge in [-0.05, 0) is 42.2 Å². The lowest BCUT2D eigenvalue weighted by atomic mass is 9.96. The molecule has 0 bridgehead atoms. The van der Waals surface area contributed by atoms with E-state index in [0.717, 1.165) is 18.4 Å². The van der Waals surface area contributed by atoms with Gasteiger partial charge in [-0.1, -0.05) is 39.3 Å². The van der Waals surface area contributed by atoms with Gasteiger partial charge in [0, 0.05) is 24.5 Å². The first-order valence-electron chi connectivity index (χ1n) is 10.4. The highest BCUT2D eigenvalue weighted by Gasteiger charge is 2.45. The average molecular weight is 408 g/mol. The average Bonchev–Trinajstić information content (AvgIpc) is 3.01. The summed E-state index contributed by atoms with van der Waals surface area (Å²) in [6, 6.07) is 9.87. The maximum atomic E-state index is 12.9. The highest BCUT2D eigenvalue weighted by Crippen LogP contribution is 2.39. The third kappa shape index (κ3) is 4.53. The number of nitrogens with zero attached hydrogens (tertiary/aromatic N) is 2. The molecule has 0 saturated carbocycles. The van der Waals surface area contributed by atoms with Gasteiger partial charge in [0.1, 0.15) is 11.5 Å². The van der Waals surface area contributed by atoms with Crippen LogP contribution in [0.4, 0.5) is 0 Å². The van der Waals surface area contributed by atoms with Crippen molar-refractivity contribution in [3.63, 3.8) is 0 Å². The maximum absolute atomic E-state index is 12.9. The molecule has 2 aromatic rings. The first-order valence-corrected chi connectivity index (χ1v) is 10.4. The summed E-state index contributed by atoms with van der Waals surface area (Å²) in [5.41, 5.74) is 1.29. The number of carbonyl (C=O) groups excluding carboxylic acids is 2. The van der Waals surface area contributed by atoms with E-state index in [0.29, 0.717) is 30.4 Å². The number of Topliss-reactive ketones (excluding diaryl/α,β-unsaturated/α-hetero) is 1. The number of likely N-dealkylation sites (tertiary alicyclic amines) is 1. The lowest BCUT2D eigenvalue weighted by molar-refractivity contribution is -0.139. The number of unbranched alkanes of at least 4 members (excludes halogenated alkanes) is 1. The van der Waals surface area contributed by atoms with Crippen molar-refractivity contribution >= 4 is 17.4 Å². The molecule has 0 aliphatic carbocycles. The van der Waals surface area contributed by atoms with Crippen LogP contribution >= 0.6 is 0 Å². The van der Waals surface area contributed by atoms with Gasteiger partial charge in [0.05, 0.1) is 18.2 Å². The molecule has 1 amide bonds. The minimum Gasteiger partial charge on any atom is -0.507 e. The van der Waals surface area contributed by atoms with Crippen LogP contribution in [0, 0.1) is 5.92 Å². The molecule has 0 spiro atoms. The number of hydrogen-bond donors (Lipinski definition) is 1. The van der Waals surface area contributed by atoms with Crippen molar-refractivity contribution in [1.29, 1.82) is 0 Å². The highest BCUT2D eigenvalue weighted by atomic mass is 16.5. The van der Waals surface area contributed by atoms with Crippen molar-refractivity contribution in [3.8, 4) is 5.75 Å². The fourth-order valence-electron chi connectivity index (χ4n) is 3.48. The Morgan fingerprint density at radius 1 is 1.20 bits per heavy atom. The van der Waals surface area contributed by atoms with Crippen molar-refractivity contribution in [1.82, 2.24) is 9.88 Å². The molecule has 1 N–H and O–H groups in total. The van der Waals surface area contributed by atoms with Crippen LogP contribution in [0.25, 0.3) is 5.76 Å². The normalized spacial score (nSPS) is 18.3. The molecule has 2 heterocycles. The van der Waals surface area contributed by atoms with Gasteiger partial charge in [-0.3, -0.25) is 14.6 Å². The summed E-state index contributed by atoms with van der Waals surface area (Å²) in [5, 5.41) is 11.1. The van der Waals surface area contributed by atoms with Gasteiger partial charge in [-0.15, -0.1) is 0 Å². The second-order valence-corrected chi connectivity index (χ2v) is 7.86. The van der Waals surface area contributed by atoms with Crippen LogP contribution < -0.4 is 4.74 Å². The number of ether oxygens (including phenoxy) is 1. The lowest BCUT2D eigenvalue weighted by Gasteiger charge is -2.25. The molecular weight excluding hydrogens is 380 g/mol. The van der Waals surface area contributed by atoms with Gasteiger partial charge in [-0.25, -0.2) is 0 Å². The molecule has 1 unspecified atom stereocenters. The summed E-state index contributed by atoms with van der Waals surface area (Å²) in [7, 11) is 0. The number of amides is 1. The molecule has 1 aliphatic rings. The van der Waals surface area contributed by atoms with E-state index in [1.165, 1.54) is 0 Å². The van der Waals surface area contributed by atoms with Crippen LogP contribution in [0.3, 0.4) is 0 Å². The molecule has 1 fully saturated rings. The predicted molar refractivity (Wildman–Crippen MR) is 115 cm³/mol. The molecule has 0 radical (unpaired) electrons. The summed E-state index contributed by atoms with van der Waals surface area (Å²) in [5.74, 6) is -0.478. The molecule has 1 aromatic heterocycles. The van der Waals surface area contributed by atoms with Crippen LogP contribution in [-0.2, 0) is 9.59 Å². The summed E-state index contributed by atoms with van der Waals surface area (Å²) in [6.45, 7) is 7.12. The van der Waals surface area contributed by atoms with Crippen LogP contribution in [0.5, 0.6) is 5.75 Å². The van der Waals surface area contributed by atoms with E-state index in [-0.39, 0.29) is 11.3 Å². The molecule has 3 rings (SSSR count). The molecule has 1 atom stereocenters. The van der Waals surface area contributed by atoms with Gasteiger partial charge in [0.15, 0.2) is 0 Å². The van der Waals surface area contributed by atoms with Gasteiger partial charge in [0.25, 0.3) is 11.7 Å². The third-order valence-electron chi connectivity index (χ3n) is 5.01. The first kappa shape index (κ1) is 21.6. The van der Waals surface area contributed by atoms with E-state index < -0.39 is 17.7 Å². The Labute approximate surface area is 177 Å². The minimum absolute atomic E-state index is 0.100. The van der Waals surface area contributed by atoms with E-state index in [4.69, 9.17) is 4.74 Å². The van der Waals surface area contributed by atoms with Crippen molar-refractivity contribution < 1.29 is 19.4 Å². The molecular formula is C24H28N2O4. The van der Waals surface area contributed by atoms with Gasteiger partial charge in [0.2, 0.25) is 0 Å². The summed E-state index contributed by atoms with van der Waals surface area (Å²) in [4.78, 5) is 31.3. The molecule has 6 heteroatoms. The zero-order valence-corrected chi connectivity index (χ0v) is 17.7. The van der Waals surface area contributed by atoms with E-state index in [1.54, 1.807) is 53.7 Å². The first-order chi connectivity index (χ1) is 14.4. The summed E-state index contributed by atoms with van der Waals surface area (Å²) < 4.78 is 5.75. The number of carbonyl (C=O) groups is 2. The fraction of sp³-hybridized carbons (Fsp3) is 0.375. The Bertz CT molecular complexity index is 937. The quantitative estimate of drug-likeness (QED) is 0.399. The summed E-state index contributed by atoms with van der Waals surface area (Å²) >= 11 is 0. The molecule has 6 nitrogen and oxygen atoms in total. The second kappa shape index (κ2) is 9.57. The number of aliphatic hydroxyl groups is 1. The van der Waals surface area contributed by atoms with Crippen LogP contribution in [0.1, 0.15) is 50.8 Å². The monoisotopic (exact) mass is 408 g/mol. The standard InChI is InChI=1S/C24H28N2O4/c1-4-5-13-26-21(17-9-11-25-12-10-17)20(23(28)24(26)29)22(27)18-7-6-8-19(14-18)30-15-16(2)3/h6-12,14,16,21,27H,4-5,13,15H2,1-3H3/b22-20-. The van der Waals surface area contributed by atoms with Crippen molar-refractivity contribution in [2.75, 3.05) is 13.2 Å². The smallest absolute Gasteiger partial charge is 0.295 e. The number of benzene rings is 1. The van der Waals surface area contributed by atoms with Crippen molar-refractivity contribution in [2.45, 2.75) is 39.7 Å². The minimum atomic E-state index is -0.668. The van der Waals surface area contributed by atoms with Crippen LogP contribution in [0.2, 0.25) is 0 Å². The Kier molecular flexibility index (Phi) is 6.87. The molecule has 158 valence electrons. The highest BCUT2D eigenvalue weighted by molar-refractivity contribution is 6.46. The third-order valence-corrected chi connectivity index (χ3v) is 5.01. The number of rotatable bonds is 8. The van der Waals surface area contributed by atoms with Crippen LogP contribution in [-0.4, -0.2) is 39.8 Å². The van der Waals surface area contributed by atoms with Gasteiger partial charge >= 0.3 is 0 Å². The van der Waals surface area contributed by atoms with E-state index in [2.05, 4.69) is 18.8 Å². The van der Waals surface area contributed by atoms with E-state index >= 15 is 0 Å². The number of ketones is 1. The van der Waals surface area contributed by atoms with Crippen LogP contribution in [0.15, 0.2) is 54.4 Å². The topological polar surface area (TPSA) is 79.7 Å². The largest absolute Gasteiger partial charge is 0.507 e. The summed E-state index contributed by atoms with van der Waals surface area (Å²) in [6.07, 6.45) is 4.90. The fourth-order valence-corrected chi connectivity index (χ4v) is 3.48. The van der Waals surface area contributed by atoms with E-state index in [1.807, 2.05) is 6.92 Å². The van der Waals surface area contributed by atoms with Crippen molar-refractivity contribution in [3.05, 3.63) is 65.5 Å². The Balaban J connectivity index is 2.06. The maximum Gasteiger partial charge on any atom is 0.295 e. The van der Waals surface area contributed by atoms with E-state index in [9.17, 15) is 14.7 Å². The number of aliphatic hydroxyl groups excluding tert-OH is 1. The zero-order chi connectivity index (χ0) is 21.7. The van der Waals surface area contributed by atoms with Gasteiger partial charge in [-0.2, -0.15) is 0 Å². The molecule has 30 heavy (non-hydrogen) atoms. The predicted octanol–water partition coefficient (Wildman–Crippen LogP) is 4.34. The zero-order valence-electron chi connectivity index (χ0n) is 17.7. The Morgan fingerprint density at radius 3 is 2.60 bits per heavy atom. The number of aromatic nitrogens is 1. The molecule has 1 aliphatic heterocycles. The molecule has 1 saturated heterocycles. The lowest BCUT2D eigenvalue weighted by Crippen LogP contribution is -2.30. The second-order valence-electron chi connectivity index (χ2n) is 7.86. The van der Waals surface area contributed by atoms with Crippen molar-refractivity contribution in [2.24, 2.45) is 5.92 Å². The SMILES string of the molecule is CCCCN1C(=O)C(=O)/C(=C(\O)c2cccc(OCC(C)C)c2)C1c1ccncc1. The number of hydrogen-bond acceptors (Lipinski definition) is 5.